The fourth-order valence-electron chi connectivity index (χ4n) is 3.41. The molecule has 34 heavy (non-hydrogen) atoms. The minimum absolute atomic E-state index is 0.0104. The predicted octanol–water partition coefficient (Wildman–Crippen LogP) is 6.46. The zero-order chi connectivity index (χ0) is 24.7. The van der Waals surface area contributed by atoms with Gasteiger partial charge in [-0.25, -0.2) is 13.8 Å². The molecule has 3 aromatic carbocycles. The van der Waals surface area contributed by atoms with Gasteiger partial charge in [-0.3, -0.25) is 5.01 Å². The van der Waals surface area contributed by atoms with Gasteiger partial charge in [0.05, 0.1) is 16.1 Å². The monoisotopic (exact) mass is 515 g/mol. The van der Waals surface area contributed by atoms with E-state index >= 15 is 0 Å². The molecule has 0 amide bonds. The van der Waals surface area contributed by atoms with E-state index < -0.39 is 28.5 Å². The molecule has 11 heteroatoms. The zero-order valence-corrected chi connectivity index (χ0v) is 18.9. The smallest absolute Gasteiger partial charge is 0.416 e. The number of nitrogens with zero attached hydrogens (tertiary/aromatic N) is 2. The van der Waals surface area contributed by atoms with Crippen molar-refractivity contribution in [3.63, 3.8) is 0 Å². The molecule has 1 unspecified atom stereocenters. The molecule has 1 atom stereocenters. The largest absolute Gasteiger partial charge is 0.486 e. The molecule has 0 aliphatic carbocycles. The van der Waals surface area contributed by atoms with Crippen LogP contribution in [0.5, 0.6) is 5.75 Å². The lowest BCUT2D eigenvalue weighted by atomic mass is 10.1. The quantitative estimate of drug-likeness (QED) is 0.240. The average Bonchev–Trinajstić information content (AvgIpc) is 3.07. The van der Waals surface area contributed by atoms with Crippen molar-refractivity contribution in [2.75, 3.05) is 7.05 Å². The SMILES string of the molecule is CN1NC(Cl)(c2c(F)cccc2Cl)N=C1c1ccc(COc2ccc(C(F)(F)F)cc2F)cc1. The number of hydrogen-bond acceptors (Lipinski definition) is 4. The van der Waals surface area contributed by atoms with E-state index in [0.717, 1.165) is 12.1 Å². The molecular weight excluding hydrogens is 500 g/mol. The number of rotatable bonds is 5. The van der Waals surface area contributed by atoms with Gasteiger partial charge in [0.1, 0.15) is 18.3 Å². The number of benzene rings is 3. The Kier molecular flexibility index (Phi) is 6.46. The fraction of sp³-hybridized carbons (Fsp3) is 0.174. The van der Waals surface area contributed by atoms with Crippen molar-refractivity contribution in [2.45, 2.75) is 17.9 Å². The van der Waals surface area contributed by atoms with E-state index in [2.05, 4.69) is 10.4 Å². The Labute approximate surface area is 201 Å². The van der Waals surface area contributed by atoms with E-state index in [1.165, 1.54) is 23.2 Å². The van der Waals surface area contributed by atoms with Crippen LogP contribution in [0.3, 0.4) is 0 Å². The molecule has 4 nitrogen and oxygen atoms in total. The van der Waals surface area contributed by atoms with Gasteiger partial charge in [-0.05, 0) is 35.9 Å². The summed E-state index contributed by atoms with van der Waals surface area (Å²) in [6.07, 6.45) is -4.64. The molecule has 1 N–H and O–H groups in total. The Bertz CT molecular complexity index is 1230. The summed E-state index contributed by atoms with van der Waals surface area (Å²) in [5, 5.41) is -0.00309. The molecule has 1 heterocycles. The third-order valence-electron chi connectivity index (χ3n) is 5.05. The van der Waals surface area contributed by atoms with Gasteiger partial charge in [0.15, 0.2) is 11.6 Å². The van der Waals surface area contributed by atoms with Gasteiger partial charge in [0.25, 0.3) is 0 Å². The molecule has 0 saturated heterocycles. The number of halogens is 7. The van der Waals surface area contributed by atoms with Gasteiger partial charge in [-0.1, -0.05) is 53.5 Å². The van der Waals surface area contributed by atoms with Crippen LogP contribution < -0.4 is 10.2 Å². The highest BCUT2D eigenvalue weighted by Gasteiger charge is 2.41. The summed E-state index contributed by atoms with van der Waals surface area (Å²) < 4.78 is 71.7. The van der Waals surface area contributed by atoms with E-state index in [0.29, 0.717) is 23.0 Å². The average molecular weight is 516 g/mol. The molecule has 0 spiro atoms. The summed E-state index contributed by atoms with van der Waals surface area (Å²) in [5.74, 6) is -1.61. The lowest BCUT2D eigenvalue weighted by Gasteiger charge is -2.23. The van der Waals surface area contributed by atoms with Crippen LogP contribution in [-0.4, -0.2) is 17.9 Å². The van der Waals surface area contributed by atoms with Crippen molar-refractivity contribution in [3.05, 3.63) is 99.6 Å². The number of amidine groups is 1. The van der Waals surface area contributed by atoms with E-state index in [-0.39, 0.29) is 22.9 Å². The van der Waals surface area contributed by atoms with Gasteiger partial charge in [-0.2, -0.15) is 18.6 Å². The van der Waals surface area contributed by atoms with Crippen LogP contribution in [0.25, 0.3) is 0 Å². The first-order chi connectivity index (χ1) is 16.0. The van der Waals surface area contributed by atoms with E-state index in [1.54, 1.807) is 31.3 Å². The Morgan fingerprint density at radius 2 is 1.74 bits per heavy atom. The Morgan fingerprint density at radius 1 is 1.03 bits per heavy atom. The van der Waals surface area contributed by atoms with Crippen molar-refractivity contribution in [1.82, 2.24) is 10.4 Å². The third kappa shape index (κ3) is 4.82. The standard InChI is InChI=1S/C23H16Cl2F5N3O/c1-33-21(31-22(25,32-33)20-16(24)3-2-4-17(20)26)14-7-5-13(6-8-14)12-34-19-10-9-15(11-18(19)27)23(28,29)30/h2-11,32H,12H2,1H3. The summed E-state index contributed by atoms with van der Waals surface area (Å²) in [5.41, 5.74) is 3.04. The van der Waals surface area contributed by atoms with Gasteiger partial charge < -0.3 is 4.74 Å². The predicted molar refractivity (Wildman–Crippen MR) is 119 cm³/mol. The molecule has 0 aromatic heterocycles. The number of hydrazine groups is 1. The lowest BCUT2D eigenvalue weighted by Crippen LogP contribution is -2.42. The molecule has 3 aromatic rings. The first-order valence-corrected chi connectivity index (χ1v) is 10.6. The van der Waals surface area contributed by atoms with Crippen LogP contribution in [0.2, 0.25) is 5.02 Å². The second-order valence-electron chi connectivity index (χ2n) is 7.45. The Hall–Kier alpha value is -2.88. The van der Waals surface area contributed by atoms with E-state index in [1.807, 2.05) is 0 Å². The summed E-state index contributed by atoms with van der Waals surface area (Å²) >= 11 is 12.7. The highest BCUT2D eigenvalue weighted by atomic mass is 35.5. The maximum atomic E-state index is 14.4. The molecule has 1 aliphatic rings. The van der Waals surface area contributed by atoms with Crippen molar-refractivity contribution in [1.29, 1.82) is 0 Å². The molecular formula is C23H16Cl2F5N3O. The minimum atomic E-state index is -4.64. The van der Waals surface area contributed by atoms with Crippen LogP contribution in [0.4, 0.5) is 22.0 Å². The summed E-state index contributed by atoms with van der Waals surface area (Å²) in [6, 6.07) is 13.0. The van der Waals surface area contributed by atoms with Gasteiger partial charge >= 0.3 is 6.18 Å². The molecule has 0 saturated carbocycles. The van der Waals surface area contributed by atoms with Gasteiger partial charge in [0.2, 0.25) is 5.12 Å². The van der Waals surface area contributed by atoms with Crippen LogP contribution in [0.1, 0.15) is 22.3 Å². The van der Waals surface area contributed by atoms with Gasteiger partial charge in [-0.15, -0.1) is 0 Å². The first-order valence-electron chi connectivity index (χ1n) is 9.81. The summed E-state index contributed by atoms with van der Waals surface area (Å²) in [7, 11) is 1.65. The second kappa shape index (κ2) is 9.05. The molecule has 4 rings (SSSR count). The van der Waals surface area contributed by atoms with Crippen molar-refractivity contribution in [2.24, 2.45) is 4.99 Å². The number of nitrogens with one attached hydrogen (secondary N) is 1. The number of ether oxygens (including phenoxy) is 1. The molecule has 178 valence electrons. The third-order valence-corrected chi connectivity index (χ3v) is 5.73. The van der Waals surface area contributed by atoms with Crippen LogP contribution in [0, 0.1) is 11.6 Å². The molecule has 1 aliphatic heterocycles. The van der Waals surface area contributed by atoms with Crippen LogP contribution in [-0.2, 0) is 17.9 Å². The van der Waals surface area contributed by atoms with Crippen molar-refractivity contribution >= 4 is 29.0 Å². The maximum Gasteiger partial charge on any atom is 0.416 e. The van der Waals surface area contributed by atoms with E-state index in [9.17, 15) is 22.0 Å². The Balaban J connectivity index is 1.50. The highest BCUT2D eigenvalue weighted by molar-refractivity contribution is 6.33. The summed E-state index contributed by atoms with van der Waals surface area (Å²) in [4.78, 5) is 4.43. The van der Waals surface area contributed by atoms with Crippen LogP contribution in [0.15, 0.2) is 65.7 Å². The topological polar surface area (TPSA) is 36.9 Å². The number of alkyl halides is 4. The second-order valence-corrected chi connectivity index (χ2v) is 8.41. The summed E-state index contributed by atoms with van der Waals surface area (Å²) in [6.45, 7) is -0.0760. The minimum Gasteiger partial charge on any atom is -0.486 e. The van der Waals surface area contributed by atoms with E-state index in [4.69, 9.17) is 27.9 Å². The van der Waals surface area contributed by atoms with Crippen LogP contribution >= 0.6 is 23.2 Å². The number of hydrogen-bond donors (Lipinski definition) is 1. The molecule has 0 radical (unpaired) electrons. The Morgan fingerprint density at radius 3 is 2.35 bits per heavy atom. The highest BCUT2D eigenvalue weighted by Crippen LogP contribution is 2.39. The molecule has 0 fully saturated rings. The van der Waals surface area contributed by atoms with Gasteiger partial charge in [0, 0.05) is 12.6 Å². The normalized spacial score (nSPS) is 18.2. The number of aliphatic imine (C=N–C) groups is 1. The lowest BCUT2D eigenvalue weighted by molar-refractivity contribution is -0.137. The fourth-order valence-corrected chi connectivity index (χ4v) is 4.16. The maximum absolute atomic E-state index is 14.4. The first kappa shape index (κ1) is 24.3. The zero-order valence-electron chi connectivity index (χ0n) is 17.4. The molecule has 0 bridgehead atoms. The van der Waals surface area contributed by atoms with Crippen molar-refractivity contribution < 1.29 is 26.7 Å². The van der Waals surface area contributed by atoms with Crippen molar-refractivity contribution in [3.8, 4) is 5.75 Å².